The highest BCUT2D eigenvalue weighted by molar-refractivity contribution is 5.81. The molecule has 0 aliphatic rings. The zero-order chi connectivity index (χ0) is 12.6. The average Bonchev–Trinajstić information content (AvgIpc) is 2.26. The summed E-state index contributed by atoms with van der Waals surface area (Å²) in [7, 11) is 1.40. The first-order valence-electron chi connectivity index (χ1n) is 6.06. The Kier molecular flexibility index (Phi) is 7.69. The Morgan fingerprint density at radius 3 is 2.25 bits per heavy atom. The van der Waals surface area contributed by atoms with Gasteiger partial charge < -0.3 is 9.64 Å². The first-order chi connectivity index (χ1) is 7.54. The summed E-state index contributed by atoms with van der Waals surface area (Å²) in [5, 5.41) is 0. The molecule has 0 N–H and O–H groups in total. The molecule has 0 saturated heterocycles. The molecule has 3 heteroatoms. The highest BCUT2D eigenvalue weighted by Gasteiger charge is 2.12. The zero-order valence-corrected chi connectivity index (χ0v) is 11.2. The number of hydrogen-bond acceptors (Lipinski definition) is 3. The van der Waals surface area contributed by atoms with Crippen LogP contribution >= 0.6 is 0 Å². The van der Waals surface area contributed by atoms with Gasteiger partial charge in [0.2, 0.25) is 0 Å². The van der Waals surface area contributed by atoms with Crippen LogP contribution < -0.4 is 0 Å². The van der Waals surface area contributed by atoms with Gasteiger partial charge >= 0.3 is 5.97 Å². The third kappa shape index (κ3) is 5.79. The molecule has 0 aliphatic heterocycles. The third-order valence-corrected chi connectivity index (χ3v) is 2.59. The van der Waals surface area contributed by atoms with Gasteiger partial charge in [0.25, 0.3) is 0 Å². The van der Waals surface area contributed by atoms with Crippen molar-refractivity contribution in [2.75, 3.05) is 13.7 Å². The molecule has 0 aliphatic carbocycles. The molecule has 0 rings (SSSR count). The van der Waals surface area contributed by atoms with Crippen molar-refractivity contribution in [2.45, 2.75) is 46.6 Å². The van der Waals surface area contributed by atoms with Crippen LogP contribution in [0.1, 0.15) is 40.5 Å². The lowest BCUT2D eigenvalue weighted by molar-refractivity contribution is -0.134. The van der Waals surface area contributed by atoms with E-state index in [2.05, 4.69) is 37.3 Å². The summed E-state index contributed by atoms with van der Waals surface area (Å²) in [6.45, 7) is 9.68. The second kappa shape index (κ2) is 8.20. The van der Waals surface area contributed by atoms with E-state index in [9.17, 15) is 4.79 Å². The Hall–Kier alpha value is -0.990. The van der Waals surface area contributed by atoms with E-state index in [4.69, 9.17) is 0 Å². The Balaban J connectivity index is 4.52. The number of rotatable bonds is 7. The number of esters is 1. The molecule has 0 aromatic rings. The standard InChI is InChI=1S/C13H25NO2/c1-6-12(7-2)14(10-11(3)4)9-8-13(15)16-5/h8-9,11-12H,6-7,10H2,1-5H3. The van der Waals surface area contributed by atoms with Gasteiger partial charge in [0, 0.05) is 24.9 Å². The van der Waals surface area contributed by atoms with Crippen molar-refractivity contribution < 1.29 is 9.53 Å². The van der Waals surface area contributed by atoms with Crippen LogP contribution in [-0.2, 0) is 9.53 Å². The van der Waals surface area contributed by atoms with Crippen molar-refractivity contribution in [3.8, 4) is 0 Å². The van der Waals surface area contributed by atoms with Gasteiger partial charge in [-0.15, -0.1) is 0 Å². The minimum Gasteiger partial charge on any atom is -0.466 e. The molecule has 0 saturated carbocycles. The largest absolute Gasteiger partial charge is 0.466 e. The molecule has 94 valence electrons. The first-order valence-corrected chi connectivity index (χ1v) is 6.06. The molecule has 0 aromatic carbocycles. The number of methoxy groups -OCH3 is 1. The monoisotopic (exact) mass is 227 g/mol. The fraction of sp³-hybridized carbons (Fsp3) is 0.769. The minimum atomic E-state index is -0.292. The second-order valence-corrected chi connectivity index (χ2v) is 4.40. The van der Waals surface area contributed by atoms with E-state index in [-0.39, 0.29) is 5.97 Å². The highest BCUT2D eigenvalue weighted by Crippen LogP contribution is 2.11. The summed E-state index contributed by atoms with van der Waals surface area (Å²) in [5.74, 6) is 0.294. The van der Waals surface area contributed by atoms with Crippen LogP contribution in [0.15, 0.2) is 12.3 Å². The number of ether oxygens (including phenoxy) is 1. The Labute approximate surface area is 99.5 Å². The lowest BCUT2D eigenvalue weighted by atomic mass is 10.1. The zero-order valence-electron chi connectivity index (χ0n) is 11.2. The molecule has 16 heavy (non-hydrogen) atoms. The maximum Gasteiger partial charge on any atom is 0.331 e. The molecule has 0 spiro atoms. The van der Waals surface area contributed by atoms with E-state index in [0.717, 1.165) is 19.4 Å². The minimum absolute atomic E-state index is 0.292. The summed E-state index contributed by atoms with van der Waals surface area (Å²) in [5.41, 5.74) is 0. The molecule has 0 atom stereocenters. The second-order valence-electron chi connectivity index (χ2n) is 4.40. The van der Waals surface area contributed by atoms with E-state index >= 15 is 0 Å². The maximum atomic E-state index is 11.1. The van der Waals surface area contributed by atoms with Crippen molar-refractivity contribution >= 4 is 5.97 Å². The summed E-state index contributed by atoms with van der Waals surface area (Å²) < 4.78 is 4.60. The Bertz CT molecular complexity index is 220. The van der Waals surface area contributed by atoms with E-state index in [1.165, 1.54) is 13.2 Å². The summed E-state index contributed by atoms with van der Waals surface area (Å²) in [4.78, 5) is 13.3. The van der Waals surface area contributed by atoms with Crippen LogP contribution in [0.2, 0.25) is 0 Å². The van der Waals surface area contributed by atoms with E-state index in [0.29, 0.717) is 12.0 Å². The van der Waals surface area contributed by atoms with Gasteiger partial charge in [-0.2, -0.15) is 0 Å². The smallest absolute Gasteiger partial charge is 0.331 e. The van der Waals surface area contributed by atoms with Gasteiger partial charge in [-0.05, 0) is 18.8 Å². The SMILES string of the molecule is CCC(CC)N(C=CC(=O)OC)CC(C)C. The van der Waals surface area contributed by atoms with Crippen LogP contribution in [0.5, 0.6) is 0 Å². The molecule has 0 aromatic heterocycles. The number of carbonyl (C=O) groups is 1. The van der Waals surface area contributed by atoms with E-state index in [1.807, 2.05) is 6.20 Å². The molecule has 3 nitrogen and oxygen atoms in total. The number of nitrogens with zero attached hydrogens (tertiary/aromatic N) is 1. The first kappa shape index (κ1) is 15.0. The maximum absolute atomic E-state index is 11.1. The van der Waals surface area contributed by atoms with Crippen LogP contribution in [0.25, 0.3) is 0 Å². The average molecular weight is 227 g/mol. The Morgan fingerprint density at radius 2 is 1.88 bits per heavy atom. The quantitative estimate of drug-likeness (QED) is 0.495. The molecule has 0 heterocycles. The third-order valence-electron chi connectivity index (χ3n) is 2.59. The lowest BCUT2D eigenvalue weighted by Gasteiger charge is -2.30. The predicted molar refractivity (Wildman–Crippen MR) is 67.1 cm³/mol. The van der Waals surface area contributed by atoms with Gasteiger partial charge in [0.1, 0.15) is 0 Å². The summed E-state index contributed by atoms with van der Waals surface area (Å²) in [6, 6.07) is 0.503. The number of hydrogen-bond donors (Lipinski definition) is 0. The van der Waals surface area contributed by atoms with Gasteiger partial charge in [-0.25, -0.2) is 4.79 Å². The topological polar surface area (TPSA) is 29.5 Å². The van der Waals surface area contributed by atoms with E-state index < -0.39 is 0 Å². The molecule has 0 radical (unpaired) electrons. The predicted octanol–water partition coefficient (Wildman–Crippen LogP) is 2.82. The fourth-order valence-electron chi connectivity index (χ4n) is 1.74. The van der Waals surface area contributed by atoms with Crippen molar-refractivity contribution in [2.24, 2.45) is 5.92 Å². The van der Waals surface area contributed by atoms with Gasteiger partial charge in [-0.3, -0.25) is 0 Å². The normalized spacial score (nSPS) is 11.4. The Morgan fingerprint density at radius 1 is 1.31 bits per heavy atom. The van der Waals surface area contributed by atoms with Gasteiger partial charge in [-0.1, -0.05) is 27.7 Å². The highest BCUT2D eigenvalue weighted by atomic mass is 16.5. The summed E-state index contributed by atoms with van der Waals surface area (Å²) >= 11 is 0. The number of carbonyl (C=O) groups excluding carboxylic acids is 1. The molecular weight excluding hydrogens is 202 g/mol. The van der Waals surface area contributed by atoms with Crippen molar-refractivity contribution in [1.29, 1.82) is 0 Å². The molecule has 0 fully saturated rings. The van der Waals surface area contributed by atoms with Crippen molar-refractivity contribution in [3.05, 3.63) is 12.3 Å². The van der Waals surface area contributed by atoms with Crippen LogP contribution in [0.4, 0.5) is 0 Å². The molecular formula is C13H25NO2. The molecule has 0 unspecified atom stereocenters. The van der Waals surface area contributed by atoms with Crippen LogP contribution in [0, 0.1) is 5.92 Å². The molecule has 0 bridgehead atoms. The van der Waals surface area contributed by atoms with Gasteiger partial charge in [0.05, 0.1) is 7.11 Å². The van der Waals surface area contributed by atoms with Crippen LogP contribution in [0.3, 0.4) is 0 Å². The summed E-state index contributed by atoms with van der Waals surface area (Å²) in [6.07, 6.45) is 5.55. The van der Waals surface area contributed by atoms with Crippen molar-refractivity contribution in [1.82, 2.24) is 4.90 Å². The van der Waals surface area contributed by atoms with Crippen molar-refractivity contribution in [3.63, 3.8) is 0 Å². The van der Waals surface area contributed by atoms with Crippen LogP contribution in [-0.4, -0.2) is 30.6 Å². The lowest BCUT2D eigenvalue weighted by Crippen LogP contribution is -2.33. The fourth-order valence-corrected chi connectivity index (χ4v) is 1.74. The van der Waals surface area contributed by atoms with Gasteiger partial charge in [0.15, 0.2) is 0 Å². The van der Waals surface area contributed by atoms with E-state index in [1.54, 1.807) is 0 Å². The molecule has 0 amide bonds.